The summed E-state index contributed by atoms with van der Waals surface area (Å²) in [6.07, 6.45) is 7.35. The molecule has 9 nitrogen and oxygen atoms in total. The second kappa shape index (κ2) is 12.2. The first-order valence-electron chi connectivity index (χ1n) is 14.2. The van der Waals surface area contributed by atoms with Gasteiger partial charge >= 0.3 is 5.97 Å². The van der Waals surface area contributed by atoms with Gasteiger partial charge in [-0.15, -0.1) is 0 Å². The molecule has 2 N–H and O–H groups in total. The quantitative estimate of drug-likeness (QED) is 0.169. The summed E-state index contributed by atoms with van der Waals surface area (Å²) >= 11 is 0. The maximum atomic E-state index is 12.5. The summed E-state index contributed by atoms with van der Waals surface area (Å²) in [6, 6.07) is 23.9. The summed E-state index contributed by atoms with van der Waals surface area (Å²) in [6.45, 7) is 6.50. The first kappa shape index (κ1) is 27.7. The third-order valence-electron chi connectivity index (χ3n) is 6.90. The SMILES string of the molecule is CCOC(=O)c1cccnc1NCc1cc(OC(C)C)cc(-c2cn(-c3ccccc3)c3ncc(-c4ccn[nH]4)cc23)c1. The second-order valence-electron chi connectivity index (χ2n) is 10.3. The van der Waals surface area contributed by atoms with Crippen LogP contribution >= 0.6 is 0 Å². The number of rotatable bonds is 10. The van der Waals surface area contributed by atoms with Gasteiger partial charge in [0.1, 0.15) is 22.8 Å². The highest BCUT2D eigenvalue weighted by atomic mass is 16.5. The van der Waals surface area contributed by atoms with E-state index in [0.717, 1.165) is 50.4 Å². The minimum atomic E-state index is -0.412. The number of nitrogens with one attached hydrogen (secondary N) is 2. The van der Waals surface area contributed by atoms with E-state index in [-0.39, 0.29) is 6.10 Å². The molecule has 0 fully saturated rings. The fourth-order valence-corrected chi connectivity index (χ4v) is 5.05. The van der Waals surface area contributed by atoms with Crippen molar-refractivity contribution < 1.29 is 14.3 Å². The molecule has 2 aromatic carbocycles. The summed E-state index contributed by atoms with van der Waals surface area (Å²) in [7, 11) is 0. The number of esters is 1. The number of para-hydroxylation sites is 1. The number of fused-ring (bicyclic) bond motifs is 1. The van der Waals surface area contributed by atoms with Crippen LogP contribution in [0, 0.1) is 0 Å². The highest BCUT2D eigenvalue weighted by Gasteiger charge is 2.18. The highest BCUT2D eigenvalue weighted by molar-refractivity contribution is 5.97. The van der Waals surface area contributed by atoms with Gasteiger partial charge in [0, 0.05) is 53.5 Å². The molecular weight excluding hydrogens is 540 g/mol. The van der Waals surface area contributed by atoms with E-state index in [4.69, 9.17) is 14.5 Å². The molecule has 0 bridgehead atoms. The molecular formula is C34H32N6O3. The summed E-state index contributed by atoms with van der Waals surface area (Å²) in [5.74, 6) is 0.797. The van der Waals surface area contributed by atoms with Crippen LogP contribution in [0.2, 0.25) is 0 Å². The number of pyridine rings is 2. The van der Waals surface area contributed by atoms with E-state index >= 15 is 0 Å². The number of carbonyl (C=O) groups is 1. The van der Waals surface area contributed by atoms with Gasteiger partial charge < -0.3 is 19.4 Å². The fraction of sp³-hybridized carbons (Fsp3) is 0.176. The van der Waals surface area contributed by atoms with Crippen molar-refractivity contribution in [2.45, 2.75) is 33.4 Å². The van der Waals surface area contributed by atoms with Crippen molar-refractivity contribution in [3.63, 3.8) is 0 Å². The van der Waals surface area contributed by atoms with Crippen molar-refractivity contribution in [1.29, 1.82) is 0 Å². The average molecular weight is 573 g/mol. The monoisotopic (exact) mass is 572 g/mol. The Morgan fingerprint density at radius 1 is 0.977 bits per heavy atom. The van der Waals surface area contributed by atoms with Crippen molar-refractivity contribution in [3.8, 4) is 33.8 Å². The summed E-state index contributed by atoms with van der Waals surface area (Å²) in [5, 5.41) is 11.5. The van der Waals surface area contributed by atoms with Crippen LogP contribution in [-0.2, 0) is 11.3 Å². The van der Waals surface area contributed by atoms with Crippen LogP contribution in [0.1, 0.15) is 36.7 Å². The predicted octanol–water partition coefficient (Wildman–Crippen LogP) is 7.05. The first-order valence-corrected chi connectivity index (χ1v) is 14.2. The molecule has 6 rings (SSSR count). The van der Waals surface area contributed by atoms with Gasteiger partial charge in [0.15, 0.2) is 0 Å². The van der Waals surface area contributed by atoms with E-state index in [9.17, 15) is 4.79 Å². The van der Waals surface area contributed by atoms with Gasteiger partial charge in [-0.3, -0.25) is 5.10 Å². The standard InChI is InChI=1S/C34H32N6O3/c1-4-42-34(41)28-11-8-13-35-32(28)36-19-23-15-24(17-27(16-23)43-22(2)3)30-21-40(26-9-6-5-7-10-26)33-29(30)18-25(20-37-33)31-12-14-38-39-31/h5-18,20-22H,4,19H2,1-3H3,(H,35,36)(H,38,39). The second-order valence-corrected chi connectivity index (χ2v) is 10.3. The van der Waals surface area contributed by atoms with Gasteiger partial charge in [-0.05, 0) is 86.5 Å². The van der Waals surface area contributed by atoms with E-state index in [0.29, 0.717) is 24.5 Å². The molecule has 0 aliphatic carbocycles. The number of benzene rings is 2. The Kier molecular flexibility index (Phi) is 7.86. The number of aromatic amines is 1. The Balaban J connectivity index is 1.45. The average Bonchev–Trinajstić information content (AvgIpc) is 3.69. The number of ether oxygens (including phenoxy) is 2. The lowest BCUT2D eigenvalue weighted by molar-refractivity contribution is 0.0527. The van der Waals surface area contributed by atoms with Gasteiger partial charge in [-0.25, -0.2) is 14.8 Å². The third kappa shape index (κ3) is 5.97. The number of nitrogens with zero attached hydrogens (tertiary/aromatic N) is 4. The summed E-state index contributed by atoms with van der Waals surface area (Å²) in [5.41, 5.74) is 7.02. The van der Waals surface area contributed by atoms with Crippen molar-refractivity contribution >= 4 is 22.8 Å². The van der Waals surface area contributed by atoms with Crippen molar-refractivity contribution in [2.24, 2.45) is 0 Å². The number of carbonyl (C=O) groups excluding carboxylic acids is 1. The zero-order chi connectivity index (χ0) is 29.8. The molecule has 9 heteroatoms. The first-order chi connectivity index (χ1) is 21.0. The smallest absolute Gasteiger partial charge is 0.341 e. The molecule has 0 atom stereocenters. The van der Waals surface area contributed by atoms with Crippen LogP contribution in [0.15, 0.2) is 97.6 Å². The Morgan fingerprint density at radius 2 is 1.84 bits per heavy atom. The van der Waals surface area contributed by atoms with Gasteiger partial charge in [0.25, 0.3) is 0 Å². The van der Waals surface area contributed by atoms with Gasteiger partial charge in [0.2, 0.25) is 0 Å². The van der Waals surface area contributed by atoms with Gasteiger partial charge in [-0.1, -0.05) is 18.2 Å². The minimum absolute atomic E-state index is 0.0124. The van der Waals surface area contributed by atoms with Crippen LogP contribution < -0.4 is 10.1 Å². The van der Waals surface area contributed by atoms with Gasteiger partial charge in [-0.2, -0.15) is 5.10 Å². The summed E-state index contributed by atoms with van der Waals surface area (Å²) in [4.78, 5) is 21.8. The Morgan fingerprint density at radius 3 is 2.60 bits per heavy atom. The maximum absolute atomic E-state index is 12.5. The lowest BCUT2D eigenvalue weighted by Gasteiger charge is -2.15. The van der Waals surface area contributed by atoms with Crippen LogP contribution in [0.3, 0.4) is 0 Å². The normalized spacial score (nSPS) is 11.2. The van der Waals surface area contributed by atoms with Crippen molar-refractivity contribution in [2.75, 3.05) is 11.9 Å². The Labute approximate surface area is 249 Å². The van der Waals surface area contributed by atoms with E-state index in [1.165, 1.54) is 0 Å². The van der Waals surface area contributed by atoms with Crippen molar-refractivity contribution in [3.05, 3.63) is 109 Å². The van der Waals surface area contributed by atoms with Gasteiger partial charge in [0.05, 0.1) is 18.4 Å². The number of anilines is 1. The molecule has 0 aliphatic heterocycles. The predicted molar refractivity (Wildman–Crippen MR) is 167 cm³/mol. The van der Waals surface area contributed by atoms with E-state index in [1.54, 1.807) is 31.5 Å². The molecule has 4 heterocycles. The molecule has 0 saturated carbocycles. The molecule has 0 aliphatic rings. The van der Waals surface area contributed by atoms with E-state index in [1.807, 2.05) is 50.4 Å². The van der Waals surface area contributed by atoms with Crippen LogP contribution in [0.5, 0.6) is 5.75 Å². The van der Waals surface area contributed by atoms with Crippen LogP contribution in [0.4, 0.5) is 5.82 Å². The van der Waals surface area contributed by atoms with E-state index < -0.39 is 5.97 Å². The molecule has 0 saturated heterocycles. The molecule has 0 spiro atoms. The van der Waals surface area contributed by atoms with Crippen LogP contribution in [-0.4, -0.2) is 43.4 Å². The minimum Gasteiger partial charge on any atom is -0.491 e. The third-order valence-corrected chi connectivity index (χ3v) is 6.90. The number of aromatic nitrogens is 5. The molecule has 0 unspecified atom stereocenters. The largest absolute Gasteiger partial charge is 0.491 e. The molecule has 216 valence electrons. The highest BCUT2D eigenvalue weighted by Crippen LogP contribution is 2.36. The molecule has 6 aromatic rings. The zero-order valence-corrected chi connectivity index (χ0v) is 24.2. The lowest BCUT2D eigenvalue weighted by Crippen LogP contribution is -2.11. The molecule has 0 radical (unpaired) electrons. The fourth-order valence-electron chi connectivity index (χ4n) is 5.05. The Hall–Kier alpha value is -5.44. The number of hydrogen-bond acceptors (Lipinski definition) is 7. The lowest BCUT2D eigenvalue weighted by atomic mass is 10.0. The molecule has 4 aromatic heterocycles. The number of hydrogen-bond donors (Lipinski definition) is 2. The van der Waals surface area contributed by atoms with Crippen LogP contribution in [0.25, 0.3) is 39.1 Å². The molecule has 43 heavy (non-hydrogen) atoms. The summed E-state index contributed by atoms with van der Waals surface area (Å²) < 4.78 is 13.5. The van der Waals surface area contributed by atoms with E-state index in [2.05, 4.69) is 61.6 Å². The maximum Gasteiger partial charge on any atom is 0.341 e. The zero-order valence-electron chi connectivity index (χ0n) is 24.2. The van der Waals surface area contributed by atoms with Crippen molar-refractivity contribution in [1.82, 2.24) is 24.7 Å². The Bertz CT molecular complexity index is 1860. The number of H-pyrrole nitrogens is 1. The topological polar surface area (TPSA) is 107 Å². The molecule has 0 amide bonds.